The van der Waals surface area contributed by atoms with Crippen LogP contribution in [0, 0.1) is 0 Å². The molecule has 6 nitrogen and oxygen atoms in total. The number of nitrogens with one attached hydrogen (secondary N) is 2. The topological polar surface area (TPSA) is 88.2 Å². The second-order valence-electron chi connectivity index (χ2n) is 6.31. The van der Waals surface area contributed by atoms with Gasteiger partial charge in [0.15, 0.2) is 11.6 Å². The van der Waals surface area contributed by atoms with Crippen LogP contribution in [0.4, 0.5) is 17.1 Å². The van der Waals surface area contributed by atoms with Crippen LogP contribution in [0.1, 0.15) is 44.9 Å². The van der Waals surface area contributed by atoms with Crippen LogP contribution in [-0.4, -0.2) is 22.5 Å². The van der Waals surface area contributed by atoms with Gasteiger partial charge in [-0.05, 0) is 56.3 Å². The fraction of sp³-hybridized carbons (Fsp3) is 0.0909. The molecule has 140 valence electrons. The van der Waals surface area contributed by atoms with Gasteiger partial charge < -0.3 is 10.6 Å². The lowest BCUT2D eigenvalue weighted by molar-refractivity contribution is 0.100. The standard InChI is InChI=1S/C22H19N3O3/c1-14(26)16-6-8-19(9-7-16)24-21-11-18(12-23-13-21)22(28)25-20-5-3-4-17(10-20)15(2)27/h3-13,24H,1-2H3,(H,25,28). The lowest BCUT2D eigenvalue weighted by Crippen LogP contribution is -2.13. The van der Waals surface area contributed by atoms with Crippen LogP contribution in [0.5, 0.6) is 0 Å². The summed E-state index contributed by atoms with van der Waals surface area (Å²) in [5.74, 6) is -0.399. The predicted octanol–water partition coefficient (Wildman–Crippen LogP) is 4.48. The first-order valence-corrected chi connectivity index (χ1v) is 8.68. The molecule has 0 radical (unpaired) electrons. The number of Topliss-reactive ketones (excluding diaryl/α,β-unsaturated/α-hetero) is 2. The predicted molar refractivity (Wildman–Crippen MR) is 108 cm³/mol. The minimum Gasteiger partial charge on any atom is -0.354 e. The average molecular weight is 373 g/mol. The average Bonchev–Trinajstić information content (AvgIpc) is 2.69. The van der Waals surface area contributed by atoms with Gasteiger partial charge in [0.1, 0.15) is 0 Å². The van der Waals surface area contributed by atoms with E-state index in [2.05, 4.69) is 15.6 Å². The SMILES string of the molecule is CC(=O)c1ccc(Nc2cncc(C(=O)Nc3cccc(C(C)=O)c3)c2)cc1. The summed E-state index contributed by atoms with van der Waals surface area (Å²) in [4.78, 5) is 39.5. The van der Waals surface area contributed by atoms with Crippen LogP contribution in [-0.2, 0) is 0 Å². The first-order chi connectivity index (χ1) is 13.4. The zero-order valence-corrected chi connectivity index (χ0v) is 15.5. The summed E-state index contributed by atoms with van der Waals surface area (Å²) in [6.45, 7) is 2.99. The Kier molecular flexibility index (Phi) is 5.60. The minimum absolute atomic E-state index is 0.000674. The zero-order chi connectivity index (χ0) is 20.1. The Labute approximate surface area is 162 Å². The van der Waals surface area contributed by atoms with Crippen LogP contribution >= 0.6 is 0 Å². The van der Waals surface area contributed by atoms with Gasteiger partial charge in [0, 0.05) is 28.7 Å². The molecule has 0 bridgehead atoms. The van der Waals surface area contributed by atoms with E-state index in [1.54, 1.807) is 60.8 Å². The van der Waals surface area contributed by atoms with Crippen LogP contribution < -0.4 is 10.6 Å². The van der Waals surface area contributed by atoms with Gasteiger partial charge in [0.25, 0.3) is 5.91 Å². The molecule has 1 aromatic heterocycles. The molecule has 3 aromatic rings. The van der Waals surface area contributed by atoms with E-state index in [1.807, 2.05) is 0 Å². The van der Waals surface area contributed by atoms with Crippen LogP contribution in [0.3, 0.4) is 0 Å². The van der Waals surface area contributed by atoms with Gasteiger partial charge in [0.05, 0.1) is 17.4 Å². The lowest BCUT2D eigenvalue weighted by Gasteiger charge is -2.09. The second-order valence-corrected chi connectivity index (χ2v) is 6.31. The van der Waals surface area contributed by atoms with Gasteiger partial charge in [-0.1, -0.05) is 12.1 Å². The maximum absolute atomic E-state index is 12.5. The Balaban J connectivity index is 1.73. The molecule has 0 aliphatic carbocycles. The number of pyridine rings is 1. The fourth-order valence-electron chi connectivity index (χ4n) is 2.61. The fourth-order valence-corrected chi connectivity index (χ4v) is 2.61. The normalized spacial score (nSPS) is 10.2. The van der Waals surface area contributed by atoms with E-state index in [1.165, 1.54) is 20.0 Å². The summed E-state index contributed by atoms with van der Waals surface area (Å²) < 4.78 is 0. The molecule has 0 saturated heterocycles. The van der Waals surface area contributed by atoms with Crippen LogP contribution in [0.25, 0.3) is 0 Å². The molecule has 0 atom stereocenters. The molecule has 6 heteroatoms. The van der Waals surface area contributed by atoms with Gasteiger partial charge in [-0.15, -0.1) is 0 Å². The number of carbonyl (C=O) groups excluding carboxylic acids is 3. The Bertz CT molecular complexity index is 1040. The Morgan fingerprint density at radius 3 is 2.07 bits per heavy atom. The highest BCUT2D eigenvalue weighted by Crippen LogP contribution is 2.19. The molecule has 0 aliphatic rings. The monoisotopic (exact) mass is 373 g/mol. The number of aromatic nitrogens is 1. The van der Waals surface area contributed by atoms with E-state index in [4.69, 9.17) is 0 Å². The number of carbonyl (C=O) groups is 3. The molecule has 0 saturated carbocycles. The molecule has 0 unspecified atom stereocenters. The maximum Gasteiger partial charge on any atom is 0.257 e. The van der Waals surface area contributed by atoms with Crippen molar-refractivity contribution < 1.29 is 14.4 Å². The van der Waals surface area contributed by atoms with Crippen LogP contribution in [0.15, 0.2) is 67.0 Å². The molecular formula is C22H19N3O3. The summed E-state index contributed by atoms with van der Waals surface area (Å²) in [6, 6.07) is 15.5. The molecule has 28 heavy (non-hydrogen) atoms. The van der Waals surface area contributed by atoms with E-state index in [9.17, 15) is 14.4 Å². The van der Waals surface area contributed by atoms with Crippen molar-refractivity contribution in [3.05, 3.63) is 83.7 Å². The number of anilines is 3. The number of amides is 1. The molecule has 0 fully saturated rings. The van der Waals surface area contributed by atoms with Gasteiger partial charge in [-0.25, -0.2) is 0 Å². The summed E-state index contributed by atoms with van der Waals surface area (Å²) in [7, 11) is 0. The van der Waals surface area contributed by atoms with Gasteiger partial charge in [0.2, 0.25) is 0 Å². The van der Waals surface area contributed by atoms with Crippen molar-refractivity contribution in [3.8, 4) is 0 Å². The maximum atomic E-state index is 12.5. The minimum atomic E-state index is -0.330. The molecule has 2 N–H and O–H groups in total. The largest absolute Gasteiger partial charge is 0.354 e. The van der Waals surface area contributed by atoms with E-state index in [0.29, 0.717) is 28.1 Å². The number of nitrogens with zero attached hydrogens (tertiary/aromatic N) is 1. The highest BCUT2D eigenvalue weighted by atomic mass is 16.1. The van der Waals surface area contributed by atoms with Crippen molar-refractivity contribution in [1.82, 2.24) is 4.98 Å². The van der Waals surface area contributed by atoms with Gasteiger partial charge >= 0.3 is 0 Å². The molecule has 1 heterocycles. The number of benzene rings is 2. The van der Waals surface area contributed by atoms with Gasteiger partial charge in [-0.2, -0.15) is 0 Å². The highest BCUT2D eigenvalue weighted by molar-refractivity contribution is 6.05. The first-order valence-electron chi connectivity index (χ1n) is 8.68. The number of hydrogen-bond donors (Lipinski definition) is 2. The summed E-state index contributed by atoms with van der Waals surface area (Å²) in [5.41, 5.74) is 3.48. The first kappa shape index (κ1) is 19.0. The highest BCUT2D eigenvalue weighted by Gasteiger charge is 2.09. The number of rotatable bonds is 6. The van der Waals surface area contributed by atoms with E-state index in [0.717, 1.165) is 5.69 Å². The van der Waals surface area contributed by atoms with Crippen molar-refractivity contribution >= 4 is 34.5 Å². The molecule has 1 amide bonds. The summed E-state index contributed by atoms with van der Waals surface area (Å²) in [6.07, 6.45) is 3.07. The molecule has 0 aliphatic heterocycles. The van der Waals surface area contributed by atoms with E-state index >= 15 is 0 Å². The van der Waals surface area contributed by atoms with Crippen LogP contribution in [0.2, 0.25) is 0 Å². The van der Waals surface area contributed by atoms with E-state index in [-0.39, 0.29) is 17.5 Å². The lowest BCUT2D eigenvalue weighted by atomic mass is 10.1. The third kappa shape index (κ3) is 4.67. The second kappa shape index (κ2) is 8.26. The van der Waals surface area contributed by atoms with Crippen molar-refractivity contribution in [2.24, 2.45) is 0 Å². The molecule has 0 spiro atoms. The summed E-state index contributed by atoms with van der Waals surface area (Å²) >= 11 is 0. The Morgan fingerprint density at radius 1 is 0.714 bits per heavy atom. The summed E-state index contributed by atoms with van der Waals surface area (Å²) in [5, 5.41) is 5.92. The molecule has 2 aromatic carbocycles. The van der Waals surface area contributed by atoms with Crippen molar-refractivity contribution in [2.75, 3.05) is 10.6 Å². The molecule has 3 rings (SSSR count). The van der Waals surface area contributed by atoms with Crippen molar-refractivity contribution in [1.29, 1.82) is 0 Å². The molecular weight excluding hydrogens is 354 g/mol. The van der Waals surface area contributed by atoms with Crippen molar-refractivity contribution in [2.45, 2.75) is 13.8 Å². The van der Waals surface area contributed by atoms with E-state index < -0.39 is 0 Å². The third-order valence-corrected chi connectivity index (χ3v) is 4.11. The number of hydrogen-bond acceptors (Lipinski definition) is 5. The third-order valence-electron chi connectivity index (χ3n) is 4.11. The van der Waals surface area contributed by atoms with Crippen molar-refractivity contribution in [3.63, 3.8) is 0 Å². The zero-order valence-electron chi connectivity index (χ0n) is 15.5. The number of ketones is 2. The Morgan fingerprint density at radius 2 is 1.39 bits per heavy atom. The van der Waals surface area contributed by atoms with Gasteiger partial charge in [-0.3, -0.25) is 19.4 Å². The Hall–Kier alpha value is -3.80. The smallest absolute Gasteiger partial charge is 0.257 e. The quantitative estimate of drug-likeness (QED) is 0.622.